The quantitative estimate of drug-likeness (QED) is 0.880. The predicted octanol–water partition coefficient (Wildman–Crippen LogP) is 3.35. The summed E-state index contributed by atoms with van der Waals surface area (Å²) in [6.45, 7) is 7.05. The first kappa shape index (κ1) is 14.1. The summed E-state index contributed by atoms with van der Waals surface area (Å²) < 4.78 is 1.86. The number of hydrogen-bond acceptors (Lipinski definition) is 4. The molecule has 1 fully saturated rings. The molecule has 5 nitrogen and oxygen atoms in total. The van der Waals surface area contributed by atoms with E-state index in [9.17, 15) is 5.11 Å². The molecule has 6 heteroatoms. The topological polar surface area (TPSA) is 55.3 Å². The second kappa shape index (κ2) is 6.29. The fourth-order valence-corrected chi connectivity index (χ4v) is 3.97. The van der Waals surface area contributed by atoms with E-state index in [-0.39, 0.29) is 12.4 Å². The Bertz CT molecular complexity index is 656. The average Bonchev–Trinajstić information content (AvgIpc) is 3.15. The van der Waals surface area contributed by atoms with E-state index < -0.39 is 0 Å². The molecular formula is C15H16N4OS. The normalized spacial score (nSPS) is 15.2. The van der Waals surface area contributed by atoms with Crippen molar-refractivity contribution in [1.29, 1.82) is 0 Å². The Morgan fingerprint density at radius 2 is 2.24 bits per heavy atom. The number of aromatic nitrogens is 3. The summed E-state index contributed by atoms with van der Waals surface area (Å²) in [6.07, 6.45) is 8.33. The second-order valence-electron chi connectivity index (χ2n) is 5.01. The molecule has 0 aliphatic heterocycles. The van der Waals surface area contributed by atoms with Crippen LogP contribution in [0.3, 0.4) is 0 Å². The molecule has 0 atom stereocenters. The number of nitrogens with zero attached hydrogens (tertiary/aromatic N) is 4. The van der Waals surface area contributed by atoms with Crippen molar-refractivity contribution in [2.75, 3.05) is 0 Å². The molecule has 1 saturated carbocycles. The van der Waals surface area contributed by atoms with Gasteiger partial charge in [0.25, 0.3) is 11.0 Å². The summed E-state index contributed by atoms with van der Waals surface area (Å²) in [6, 6.07) is 3.76. The van der Waals surface area contributed by atoms with Crippen LogP contribution >= 0.6 is 11.8 Å². The highest BCUT2D eigenvalue weighted by Gasteiger charge is 2.25. The molecule has 1 aliphatic rings. The Labute approximate surface area is 127 Å². The number of aliphatic hydroxyl groups excluding tert-OH is 1. The van der Waals surface area contributed by atoms with Crippen molar-refractivity contribution in [2.24, 2.45) is 0 Å². The van der Waals surface area contributed by atoms with Gasteiger partial charge in [-0.25, -0.2) is 0 Å². The zero-order valence-corrected chi connectivity index (χ0v) is 12.4. The van der Waals surface area contributed by atoms with E-state index in [0.29, 0.717) is 10.9 Å². The number of thioether (sulfide) groups is 1. The molecule has 3 rings (SSSR count). The Kier molecular flexibility index (Phi) is 4.23. The Balaban J connectivity index is 2.05. The highest BCUT2D eigenvalue weighted by molar-refractivity contribution is 7.99. The van der Waals surface area contributed by atoms with Crippen LogP contribution in [0.4, 0.5) is 5.82 Å². The largest absolute Gasteiger partial charge is 0.391 e. The van der Waals surface area contributed by atoms with E-state index in [2.05, 4.69) is 14.8 Å². The van der Waals surface area contributed by atoms with Gasteiger partial charge in [-0.15, -0.1) is 0 Å². The molecule has 108 valence electrons. The summed E-state index contributed by atoms with van der Waals surface area (Å²) in [4.78, 5) is 12.0. The molecule has 0 saturated heterocycles. The van der Waals surface area contributed by atoms with Crippen molar-refractivity contribution in [3.05, 3.63) is 41.6 Å². The summed E-state index contributed by atoms with van der Waals surface area (Å²) in [5.74, 6) is 0.279. The predicted molar refractivity (Wildman–Crippen MR) is 81.7 cm³/mol. The number of pyridine rings is 1. The van der Waals surface area contributed by atoms with Gasteiger partial charge in [0.05, 0.1) is 24.2 Å². The Hall–Kier alpha value is -1.84. The van der Waals surface area contributed by atoms with Crippen molar-refractivity contribution < 1.29 is 5.11 Å². The second-order valence-corrected chi connectivity index (χ2v) is 6.27. The number of rotatable bonds is 4. The molecule has 1 aliphatic carbocycles. The van der Waals surface area contributed by atoms with Crippen molar-refractivity contribution >= 4 is 17.6 Å². The van der Waals surface area contributed by atoms with Crippen LogP contribution in [-0.2, 0) is 6.61 Å². The molecule has 21 heavy (non-hydrogen) atoms. The fourth-order valence-electron chi connectivity index (χ4n) is 2.64. The summed E-state index contributed by atoms with van der Waals surface area (Å²) in [5.41, 5.74) is 1.38. The van der Waals surface area contributed by atoms with E-state index in [1.807, 2.05) is 16.7 Å². The maximum atomic E-state index is 9.63. The van der Waals surface area contributed by atoms with Gasteiger partial charge in [-0.2, -0.15) is 0 Å². The third kappa shape index (κ3) is 2.80. The maximum absolute atomic E-state index is 9.63. The first-order valence-corrected chi connectivity index (χ1v) is 7.88. The lowest BCUT2D eigenvalue weighted by Gasteiger charge is -2.11. The highest BCUT2D eigenvalue weighted by Crippen LogP contribution is 2.37. The molecule has 0 spiro atoms. The monoisotopic (exact) mass is 300 g/mol. The lowest BCUT2D eigenvalue weighted by atomic mass is 10.4. The molecule has 2 aromatic heterocycles. The smallest absolute Gasteiger partial charge is 0.294 e. The first-order chi connectivity index (χ1) is 10.3. The SMILES string of the molecule is [C-]#[N+]c1nc(SC2CCCC2)n(-c2cccnc2)c1CO. The van der Waals surface area contributed by atoms with Crippen molar-refractivity contribution in [3.63, 3.8) is 0 Å². The molecule has 1 N–H and O–H groups in total. The lowest BCUT2D eigenvalue weighted by molar-refractivity contribution is 0.274. The van der Waals surface area contributed by atoms with Gasteiger partial charge in [0, 0.05) is 11.4 Å². The molecule has 0 unspecified atom stereocenters. The first-order valence-electron chi connectivity index (χ1n) is 7.00. The summed E-state index contributed by atoms with van der Waals surface area (Å²) >= 11 is 1.71. The zero-order chi connectivity index (χ0) is 14.7. The average molecular weight is 300 g/mol. The maximum Gasteiger partial charge on any atom is 0.294 e. The number of hydrogen-bond donors (Lipinski definition) is 1. The van der Waals surface area contributed by atoms with Gasteiger partial charge in [0.1, 0.15) is 0 Å². The molecule has 2 heterocycles. The van der Waals surface area contributed by atoms with Crippen LogP contribution < -0.4 is 0 Å². The minimum absolute atomic E-state index is 0.204. The fraction of sp³-hybridized carbons (Fsp3) is 0.400. The molecule has 0 bridgehead atoms. The van der Waals surface area contributed by atoms with Crippen LogP contribution in [0.5, 0.6) is 0 Å². The van der Waals surface area contributed by atoms with Gasteiger partial charge in [0.2, 0.25) is 0 Å². The van der Waals surface area contributed by atoms with Crippen LogP contribution in [0.2, 0.25) is 0 Å². The third-order valence-electron chi connectivity index (χ3n) is 3.65. The van der Waals surface area contributed by atoms with Gasteiger partial charge in [0.15, 0.2) is 0 Å². The van der Waals surface area contributed by atoms with Gasteiger partial charge >= 0.3 is 0 Å². The molecule has 0 amide bonds. The van der Waals surface area contributed by atoms with Gasteiger partial charge in [-0.05, 0) is 25.0 Å². The Morgan fingerprint density at radius 1 is 1.43 bits per heavy atom. The van der Waals surface area contributed by atoms with E-state index in [1.54, 1.807) is 24.2 Å². The van der Waals surface area contributed by atoms with Crippen LogP contribution in [0.15, 0.2) is 29.7 Å². The summed E-state index contributed by atoms with van der Waals surface area (Å²) in [5, 5.41) is 11.0. The minimum atomic E-state index is -0.204. The lowest BCUT2D eigenvalue weighted by Crippen LogP contribution is -2.04. The standard InChI is InChI=1S/C15H16N4OS/c1-16-14-13(10-20)19(11-5-4-8-17-9-11)15(18-14)21-12-6-2-3-7-12/h4-5,8-9,12,20H,2-3,6-7,10H2. The van der Waals surface area contributed by atoms with Gasteiger partial charge in [-0.1, -0.05) is 36.2 Å². The van der Waals surface area contributed by atoms with Crippen molar-refractivity contribution in [2.45, 2.75) is 42.7 Å². The van der Waals surface area contributed by atoms with E-state index in [4.69, 9.17) is 6.57 Å². The number of imidazole rings is 1. The molecule has 2 aromatic rings. The summed E-state index contributed by atoms with van der Waals surface area (Å²) in [7, 11) is 0. The van der Waals surface area contributed by atoms with E-state index >= 15 is 0 Å². The molecule has 0 radical (unpaired) electrons. The molecular weight excluding hydrogens is 284 g/mol. The highest BCUT2D eigenvalue weighted by atomic mass is 32.2. The third-order valence-corrected chi connectivity index (χ3v) is 4.94. The van der Waals surface area contributed by atoms with Crippen molar-refractivity contribution in [1.82, 2.24) is 14.5 Å². The Morgan fingerprint density at radius 3 is 2.86 bits per heavy atom. The van der Waals surface area contributed by atoms with Crippen LogP contribution in [0.1, 0.15) is 31.4 Å². The van der Waals surface area contributed by atoms with Crippen molar-refractivity contribution in [3.8, 4) is 5.69 Å². The van der Waals surface area contributed by atoms with Crippen LogP contribution in [0, 0.1) is 6.57 Å². The van der Waals surface area contributed by atoms with Gasteiger partial charge < -0.3 is 9.95 Å². The van der Waals surface area contributed by atoms with Crippen LogP contribution in [0.25, 0.3) is 10.5 Å². The van der Waals surface area contributed by atoms with E-state index in [1.165, 1.54) is 25.7 Å². The van der Waals surface area contributed by atoms with Crippen LogP contribution in [-0.4, -0.2) is 24.9 Å². The van der Waals surface area contributed by atoms with Gasteiger partial charge in [-0.3, -0.25) is 9.55 Å². The minimum Gasteiger partial charge on any atom is -0.391 e. The zero-order valence-electron chi connectivity index (χ0n) is 11.6. The molecule has 0 aromatic carbocycles. The number of aliphatic hydroxyl groups is 1. The van der Waals surface area contributed by atoms with E-state index in [0.717, 1.165) is 10.8 Å².